The van der Waals surface area contributed by atoms with Gasteiger partial charge in [0.15, 0.2) is 5.76 Å². The highest BCUT2D eigenvalue weighted by molar-refractivity contribution is 5.26. The summed E-state index contributed by atoms with van der Waals surface area (Å²) in [5.74, 6) is 0.816. The largest absolute Gasteiger partial charge is 0.381 e. The molecule has 0 aliphatic heterocycles. The molecule has 0 aromatic carbocycles. The molecule has 5 nitrogen and oxygen atoms in total. The summed E-state index contributed by atoms with van der Waals surface area (Å²) >= 11 is 0. The van der Waals surface area contributed by atoms with Crippen molar-refractivity contribution < 1.29 is 9.26 Å². The van der Waals surface area contributed by atoms with Gasteiger partial charge in [0.05, 0.1) is 19.2 Å². The predicted molar refractivity (Wildman–Crippen MR) is 98.6 cm³/mol. The smallest absolute Gasteiger partial charge is 0.156 e. The van der Waals surface area contributed by atoms with E-state index in [1.165, 1.54) is 0 Å². The highest BCUT2D eigenvalue weighted by atomic mass is 16.5. The van der Waals surface area contributed by atoms with Gasteiger partial charge in [-0.3, -0.25) is 0 Å². The van der Waals surface area contributed by atoms with E-state index < -0.39 is 0 Å². The molecule has 1 atom stereocenters. The van der Waals surface area contributed by atoms with E-state index in [1.807, 2.05) is 31.2 Å². The summed E-state index contributed by atoms with van der Waals surface area (Å²) < 4.78 is 10.5. The molecule has 0 spiro atoms. The predicted octanol–water partition coefficient (Wildman–Crippen LogP) is 3.88. The highest BCUT2D eigenvalue weighted by Crippen LogP contribution is 2.18. The zero-order valence-electron chi connectivity index (χ0n) is 15.4. The third-order valence-corrected chi connectivity index (χ3v) is 3.39. The molecule has 24 heavy (non-hydrogen) atoms. The normalized spacial score (nSPS) is 13.4. The summed E-state index contributed by atoms with van der Waals surface area (Å²) in [6.07, 6.45) is 8.08. The fourth-order valence-corrected chi connectivity index (χ4v) is 2.35. The summed E-state index contributed by atoms with van der Waals surface area (Å²) in [5, 5.41) is 11.0. The van der Waals surface area contributed by atoms with Crippen molar-refractivity contribution in [3.8, 4) is 0 Å². The minimum absolute atomic E-state index is 0.254. The fourth-order valence-electron chi connectivity index (χ4n) is 2.35. The van der Waals surface area contributed by atoms with Gasteiger partial charge in [0.1, 0.15) is 5.69 Å². The molecule has 0 amide bonds. The Hall–Kier alpha value is -1.85. The summed E-state index contributed by atoms with van der Waals surface area (Å²) in [4.78, 5) is 0. The van der Waals surface area contributed by atoms with Crippen LogP contribution in [0.15, 0.2) is 46.7 Å². The second-order valence-electron chi connectivity index (χ2n) is 5.77. The maximum Gasteiger partial charge on any atom is 0.156 e. The van der Waals surface area contributed by atoms with Crippen LogP contribution in [0.4, 0.5) is 0 Å². The monoisotopic (exact) mass is 333 g/mol. The van der Waals surface area contributed by atoms with Crippen molar-refractivity contribution in [2.45, 2.75) is 46.2 Å². The first-order chi connectivity index (χ1) is 11.6. The third kappa shape index (κ3) is 7.62. The molecule has 0 aliphatic carbocycles. The van der Waals surface area contributed by atoms with E-state index in [0.29, 0.717) is 13.2 Å². The average Bonchev–Trinajstić information content (AvgIpc) is 3.01. The van der Waals surface area contributed by atoms with Crippen LogP contribution in [0.2, 0.25) is 0 Å². The lowest BCUT2D eigenvalue weighted by Crippen LogP contribution is -2.20. The second-order valence-corrected chi connectivity index (χ2v) is 5.77. The summed E-state index contributed by atoms with van der Waals surface area (Å²) in [5.41, 5.74) is 2.91. The molecule has 1 heterocycles. The highest BCUT2D eigenvalue weighted by Gasteiger charge is 2.14. The molecule has 0 saturated carbocycles. The molecule has 0 bridgehead atoms. The number of nitrogens with zero attached hydrogens (tertiary/aromatic N) is 1. The lowest BCUT2D eigenvalue weighted by atomic mass is 10.1. The van der Waals surface area contributed by atoms with Crippen molar-refractivity contribution in [3.63, 3.8) is 0 Å². The Morgan fingerprint density at radius 2 is 2.25 bits per heavy atom. The van der Waals surface area contributed by atoms with Gasteiger partial charge in [-0.1, -0.05) is 43.7 Å². The Kier molecular flexibility index (Phi) is 9.80. The molecule has 0 saturated heterocycles. The van der Waals surface area contributed by atoms with Crippen molar-refractivity contribution >= 4 is 0 Å². The first-order valence-corrected chi connectivity index (χ1v) is 8.56. The number of allylic oxidation sites excluding steroid dienone is 3. The van der Waals surface area contributed by atoms with E-state index in [9.17, 15) is 0 Å². The van der Waals surface area contributed by atoms with Gasteiger partial charge in [-0.2, -0.15) is 0 Å². The van der Waals surface area contributed by atoms with Gasteiger partial charge in [-0.15, -0.1) is 0 Å². The van der Waals surface area contributed by atoms with E-state index in [2.05, 4.69) is 36.2 Å². The Morgan fingerprint density at radius 1 is 1.46 bits per heavy atom. The van der Waals surface area contributed by atoms with E-state index in [0.717, 1.165) is 42.1 Å². The number of methoxy groups -OCH3 is 1. The third-order valence-electron chi connectivity index (χ3n) is 3.39. The number of aromatic nitrogens is 1. The Labute approximate surface area is 145 Å². The molecule has 134 valence electrons. The van der Waals surface area contributed by atoms with Gasteiger partial charge in [-0.25, -0.2) is 0 Å². The second kappa shape index (κ2) is 11.6. The summed E-state index contributed by atoms with van der Waals surface area (Å²) in [6, 6.07) is 2.28. The Balaban J connectivity index is 2.69. The topological polar surface area (TPSA) is 59.3 Å². The van der Waals surface area contributed by atoms with Crippen molar-refractivity contribution in [2.75, 3.05) is 20.3 Å². The number of ether oxygens (including phenoxy) is 1. The number of rotatable bonds is 12. The molecule has 1 aromatic heterocycles. The van der Waals surface area contributed by atoms with Gasteiger partial charge in [0.25, 0.3) is 0 Å². The molecular weight excluding hydrogens is 302 g/mol. The fraction of sp³-hybridized carbons (Fsp3) is 0.526. The van der Waals surface area contributed by atoms with Crippen molar-refractivity contribution in [2.24, 2.45) is 0 Å². The molecule has 5 heteroatoms. The number of hydrogen-bond acceptors (Lipinski definition) is 5. The van der Waals surface area contributed by atoms with E-state index >= 15 is 0 Å². The van der Waals surface area contributed by atoms with E-state index in [1.54, 1.807) is 7.11 Å². The Bertz CT molecular complexity index is 541. The average molecular weight is 333 g/mol. The first kappa shape index (κ1) is 20.2. The molecule has 0 radical (unpaired) electrons. The van der Waals surface area contributed by atoms with Gasteiger partial charge >= 0.3 is 0 Å². The van der Waals surface area contributed by atoms with Gasteiger partial charge < -0.3 is 19.9 Å². The van der Waals surface area contributed by atoms with Crippen LogP contribution in [-0.2, 0) is 11.3 Å². The number of nitrogens with one attached hydrogen (secondary N) is 2. The van der Waals surface area contributed by atoms with Gasteiger partial charge in [0.2, 0.25) is 0 Å². The molecule has 1 aromatic rings. The van der Waals surface area contributed by atoms with Crippen LogP contribution in [0, 0.1) is 0 Å². The van der Waals surface area contributed by atoms with E-state index in [4.69, 9.17) is 9.26 Å². The molecule has 0 aliphatic rings. The zero-order chi connectivity index (χ0) is 17.8. The van der Waals surface area contributed by atoms with Crippen LogP contribution in [0.25, 0.3) is 0 Å². The van der Waals surface area contributed by atoms with E-state index in [-0.39, 0.29) is 6.04 Å². The van der Waals surface area contributed by atoms with Crippen LogP contribution in [0.3, 0.4) is 0 Å². The number of hydrogen-bond donors (Lipinski definition) is 2. The van der Waals surface area contributed by atoms with Crippen LogP contribution < -0.4 is 10.6 Å². The van der Waals surface area contributed by atoms with Crippen molar-refractivity contribution in [1.82, 2.24) is 15.8 Å². The molecule has 0 fully saturated rings. The molecule has 0 unspecified atom stereocenters. The standard InChI is InChI=1S/C19H31N3O2/c1-6-9-18(20-7-2)19-13-17(24-22-19)14-21-16(12-15(3)4)10-8-11-23-5/h8,10,12-13,18,20-21H,3,6-7,9,11,14H2,1-2,4-5H3/b10-8-,16-12+/t18-/m0/s1. The quantitative estimate of drug-likeness (QED) is 0.569. The minimum atomic E-state index is 0.254. The molecular formula is C19H31N3O2. The van der Waals surface area contributed by atoms with Crippen molar-refractivity contribution in [1.29, 1.82) is 0 Å². The van der Waals surface area contributed by atoms with Crippen LogP contribution in [0.1, 0.15) is 51.1 Å². The van der Waals surface area contributed by atoms with Crippen molar-refractivity contribution in [3.05, 3.63) is 53.6 Å². The molecule has 1 rings (SSSR count). The maximum atomic E-state index is 5.47. The first-order valence-electron chi connectivity index (χ1n) is 8.56. The van der Waals surface area contributed by atoms with Crippen LogP contribution >= 0.6 is 0 Å². The van der Waals surface area contributed by atoms with Gasteiger partial charge in [0, 0.05) is 18.9 Å². The van der Waals surface area contributed by atoms with Crippen LogP contribution in [-0.4, -0.2) is 25.4 Å². The van der Waals surface area contributed by atoms with Gasteiger partial charge in [-0.05, 0) is 32.0 Å². The summed E-state index contributed by atoms with van der Waals surface area (Å²) in [6.45, 7) is 12.2. The SMILES string of the molecule is C=C(C)/C=C(\C=C/COC)NCc1cc([C@H](CCC)NCC)no1. The lowest BCUT2D eigenvalue weighted by molar-refractivity contribution is 0.234. The zero-order valence-corrected chi connectivity index (χ0v) is 15.4. The van der Waals surface area contributed by atoms with Crippen LogP contribution in [0.5, 0.6) is 0 Å². The lowest BCUT2D eigenvalue weighted by Gasteiger charge is -2.13. The summed E-state index contributed by atoms with van der Waals surface area (Å²) in [7, 11) is 1.67. The molecule has 2 N–H and O–H groups in total. The Morgan fingerprint density at radius 3 is 2.88 bits per heavy atom. The maximum absolute atomic E-state index is 5.47. The minimum Gasteiger partial charge on any atom is -0.381 e.